The summed E-state index contributed by atoms with van der Waals surface area (Å²) in [7, 11) is 0. The Morgan fingerprint density at radius 3 is 2.68 bits per heavy atom. The van der Waals surface area contributed by atoms with Crippen molar-refractivity contribution in [2.75, 3.05) is 6.54 Å². The summed E-state index contributed by atoms with van der Waals surface area (Å²) in [5, 5.41) is 3.36. The first-order chi connectivity index (χ1) is 8.94. The molecular formula is C15H23ClN2O. The maximum absolute atomic E-state index is 11.9. The Bertz CT molecular complexity index is 401. The summed E-state index contributed by atoms with van der Waals surface area (Å²) >= 11 is 5.69. The van der Waals surface area contributed by atoms with Crippen LogP contribution >= 0.6 is 11.6 Å². The van der Waals surface area contributed by atoms with E-state index in [1.165, 1.54) is 25.5 Å². The van der Waals surface area contributed by atoms with Gasteiger partial charge >= 0.3 is 0 Å². The lowest BCUT2D eigenvalue weighted by molar-refractivity contribution is 0.0933. The van der Waals surface area contributed by atoms with E-state index in [1.54, 1.807) is 12.1 Å². The summed E-state index contributed by atoms with van der Waals surface area (Å²) < 4.78 is 0. The highest BCUT2D eigenvalue weighted by Gasteiger charge is 2.18. The topological polar surface area (TPSA) is 42.0 Å². The third kappa shape index (κ3) is 6.06. The first-order valence-electron chi connectivity index (χ1n) is 6.84. The molecule has 1 rings (SSSR count). The van der Waals surface area contributed by atoms with Gasteiger partial charge in [0.15, 0.2) is 0 Å². The largest absolute Gasteiger partial charge is 0.351 e. The van der Waals surface area contributed by atoms with E-state index in [1.807, 2.05) is 0 Å². The van der Waals surface area contributed by atoms with Crippen LogP contribution < -0.4 is 5.32 Å². The number of hydrogen-bond acceptors (Lipinski definition) is 2. The van der Waals surface area contributed by atoms with Crippen LogP contribution in [0.3, 0.4) is 0 Å². The second kappa shape index (κ2) is 7.49. The van der Waals surface area contributed by atoms with Gasteiger partial charge in [-0.2, -0.15) is 0 Å². The fourth-order valence-electron chi connectivity index (χ4n) is 1.87. The van der Waals surface area contributed by atoms with Gasteiger partial charge in [0.1, 0.15) is 5.15 Å². The van der Waals surface area contributed by atoms with Crippen molar-refractivity contribution in [2.45, 2.75) is 46.5 Å². The van der Waals surface area contributed by atoms with Crippen LogP contribution in [-0.4, -0.2) is 17.4 Å². The molecule has 0 unspecified atom stereocenters. The fraction of sp³-hybridized carbons (Fsp3) is 0.600. The van der Waals surface area contributed by atoms with Gasteiger partial charge in [0.05, 0.1) is 5.56 Å². The number of halogens is 1. The molecule has 19 heavy (non-hydrogen) atoms. The normalized spacial score (nSPS) is 11.4. The predicted molar refractivity (Wildman–Crippen MR) is 79.5 cm³/mol. The molecule has 0 saturated heterocycles. The molecule has 1 N–H and O–H groups in total. The number of nitrogens with zero attached hydrogens (tertiary/aromatic N) is 1. The van der Waals surface area contributed by atoms with Gasteiger partial charge in [-0.1, -0.05) is 51.6 Å². The van der Waals surface area contributed by atoms with Gasteiger partial charge in [0.2, 0.25) is 0 Å². The van der Waals surface area contributed by atoms with E-state index >= 15 is 0 Å². The minimum Gasteiger partial charge on any atom is -0.351 e. The number of rotatable bonds is 7. The van der Waals surface area contributed by atoms with Crippen LogP contribution in [0.4, 0.5) is 0 Å². The number of nitrogens with one attached hydrogen (secondary N) is 1. The number of aromatic nitrogens is 1. The van der Waals surface area contributed by atoms with Crippen LogP contribution in [0, 0.1) is 5.41 Å². The summed E-state index contributed by atoms with van der Waals surface area (Å²) in [6.45, 7) is 7.24. The molecule has 1 aromatic rings. The van der Waals surface area contributed by atoms with E-state index in [0.717, 1.165) is 6.42 Å². The molecule has 0 radical (unpaired) electrons. The number of hydrogen-bond donors (Lipinski definition) is 1. The minimum absolute atomic E-state index is 0.0901. The number of amides is 1. The quantitative estimate of drug-likeness (QED) is 0.605. The Kier molecular flexibility index (Phi) is 6.29. The molecule has 0 atom stereocenters. The van der Waals surface area contributed by atoms with Crippen molar-refractivity contribution in [2.24, 2.45) is 5.41 Å². The van der Waals surface area contributed by atoms with Crippen molar-refractivity contribution in [3.63, 3.8) is 0 Å². The average molecular weight is 283 g/mol. The Balaban J connectivity index is 2.42. The second-order valence-corrected chi connectivity index (χ2v) is 6.06. The molecule has 1 heterocycles. The smallest absolute Gasteiger partial charge is 0.252 e. The molecule has 0 aromatic carbocycles. The lowest BCUT2D eigenvalue weighted by Crippen LogP contribution is -2.34. The van der Waals surface area contributed by atoms with Crippen molar-refractivity contribution >= 4 is 17.5 Å². The van der Waals surface area contributed by atoms with E-state index in [4.69, 9.17) is 11.6 Å². The second-order valence-electron chi connectivity index (χ2n) is 5.67. The molecule has 0 aliphatic rings. The molecule has 0 aliphatic heterocycles. The number of pyridine rings is 1. The van der Waals surface area contributed by atoms with Gasteiger partial charge in [-0.3, -0.25) is 4.79 Å². The first-order valence-corrected chi connectivity index (χ1v) is 7.22. The monoisotopic (exact) mass is 282 g/mol. The van der Waals surface area contributed by atoms with Crippen LogP contribution in [-0.2, 0) is 0 Å². The Labute approximate surface area is 120 Å². The molecule has 0 spiro atoms. The Morgan fingerprint density at radius 1 is 1.37 bits per heavy atom. The average Bonchev–Trinajstić information content (AvgIpc) is 2.37. The summed E-state index contributed by atoms with van der Waals surface area (Å²) in [5.41, 5.74) is 0.679. The van der Waals surface area contributed by atoms with Gasteiger partial charge in [0, 0.05) is 12.7 Å². The molecule has 1 aromatic heterocycles. The molecule has 4 heteroatoms. The Hall–Kier alpha value is -1.09. The van der Waals surface area contributed by atoms with Crippen LogP contribution in [0.15, 0.2) is 18.3 Å². The zero-order valence-corrected chi connectivity index (χ0v) is 12.8. The molecule has 0 bridgehead atoms. The molecule has 106 valence electrons. The number of carbonyl (C=O) groups is 1. The van der Waals surface area contributed by atoms with Gasteiger partial charge in [0.25, 0.3) is 5.91 Å². The molecule has 0 aliphatic carbocycles. The van der Waals surface area contributed by atoms with Crippen molar-refractivity contribution in [1.29, 1.82) is 0 Å². The van der Waals surface area contributed by atoms with Crippen molar-refractivity contribution < 1.29 is 4.79 Å². The summed E-state index contributed by atoms with van der Waals surface area (Å²) in [6.07, 6.45) is 6.31. The highest BCUT2D eigenvalue weighted by molar-refractivity contribution is 6.29. The highest BCUT2D eigenvalue weighted by atomic mass is 35.5. The fourth-order valence-corrected chi connectivity index (χ4v) is 1.99. The molecule has 0 fully saturated rings. The van der Waals surface area contributed by atoms with Gasteiger partial charge in [-0.15, -0.1) is 0 Å². The van der Waals surface area contributed by atoms with Gasteiger partial charge in [-0.25, -0.2) is 4.98 Å². The summed E-state index contributed by atoms with van der Waals surface area (Å²) in [5.74, 6) is -0.0901. The standard InChI is InChI=1S/C15H23ClN2O/c1-4-5-6-9-15(2,3)11-18-14(19)12-7-8-13(16)17-10-12/h7-8,10H,4-6,9,11H2,1-3H3,(H,18,19). The molecule has 3 nitrogen and oxygen atoms in total. The molecular weight excluding hydrogens is 260 g/mol. The summed E-state index contributed by atoms with van der Waals surface area (Å²) in [4.78, 5) is 15.8. The maximum atomic E-state index is 11.9. The highest BCUT2D eigenvalue weighted by Crippen LogP contribution is 2.22. The molecule has 0 saturated carbocycles. The zero-order valence-electron chi connectivity index (χ0n) is 12.0. The maximum Gasteiger partial charge on any atom is 0.252 e. The van der Waals surface area contributed by atoms with E-state index in [2.05, 4.69) is 31.1 Å². The van der Waals surface area contributed by atoms with Crippen molar-refractivity contribution in [3.05, 3.63) is 29.0 Å². The van der Waals surface area contributed by atoms with Gasteiger partial charge < -0.3 is 5.32 Å². The van der Waals surface area contributed by atoms with Crippen molar-refractivity contribution in [1.82, 2.24) is 10.3 Å². The predicted octanol–water partition coefficient (Wildman–Crippen LogP) is 4.07. The van der Waals surface area contributed by atoms with Crippen LogP contribution in [0.2, 0.25) is 5.15 Å². The number of carbonyl (C=O) groups excluding carboxylic acids is 1. The lowest BCUT2D eigenvalue weighted by atomic mass is 9.87. The van der Waals surface area contributed by atoms with Crippen LogP contribution in [0.5, 0.6) is 0 Å². The third-order valence-electron chi connectivity index (χ3n) is 3.17. The Morgan fingerprint density at radius 2 is 2.11 bits per heavy atom. The van der Waals surface area contributed by atoms with E-state index < -0.39 is 0 Å². The van der Waals surface area contributed by atoms with Gasteiger partial charge in [-0.05, 0) is 24.0 Å². The third-order valence-corrected chi connectivity index (χ3v) is 3.40. The minimum atomic E-state index is -0.0901. The SMILES string of the molecule is CCCCCC(C)(C)CNC(=O)c1ccc(Cl)nc1. The first kappa shape index (κ1) is 16.0. The van der Waals surface area contributed by atoms with E-state index in [-0.39, 0.29) is 11.3 Å². The zero-order chi connectivity index (χ0) is 14.3. The van der Waals surface area contributed by atoms with Crippen LogP contribution in [0.25, 0.3) is 0 Å². The molecule has 1 amide bonds. The van der Waals surface area contributed by atoms with E-state index in [0.29, 0.717) is 17.3 Å². The summed E-state index contributed by atoms with van der Waals surface area (Å²) in [6, 6.07) is 3.32. The van der Waals surface area contributed by atoms with Crippen LogP contribution in [0.1, 0.15) is 56.8 Å². The van der Waals surface area contributed by atoms with E-state index in [9.17, 15) is 4.79 Å². The number of unbranched alkanes of at least 4 members (excludes halogenated alkanes) is 2. The lowest BCUT2D eigenvalue weighted by Gasteiger charge is -2.24. The van der Waals surface area contributed by atoms with Crippen molar-refractivity contribution in [3.8, 4) is 0 Å².